The summed E-state index contributed by atoms with van der Waals surface area (Å²) in [5, 5.41) is 15.4. The van der Waals surface area contributed by atoms with Crippen LogP contribution in [0.5, 0.6) is 0 Å². The van der Waals surface area contributed by atoms with Crippen LogP contribution in [-0.4, -0.2) is 74.8 Å². The molecule has 6 atom stereocenters. The molecule has 3 aliphatic heterocycles. The minimum Gasteiger partial charge on any atom is -0.395 e. The standard InChI is InChI=1S/C19H30BrN3O4S/c1-3-5-7-22-17(26)15-19-10-11(20)14(28-19)12(16(25)21-6-4-2)13(19)18(27)23(15)8-9-24/h11-15,24H,3-10H2,1-2H3,(H,21,25)(H,22,26)/t11?,12-,13+,14-,15?,19?/m1/s1. The Labute approximate surface area is 178 Å². The Morgan fingerprint density at radius 1 is 1.25 bits per heavy atom. The number of likely N-dealkylation sites (tertiary alicyclic amines) is 1. The van der Waals surface area contributed by atoms with Crippen molar-refractivity contribution in [3.05, 3.63) is 0 Å². The van der Waals surface area contributed by atoms with E-state index in [0.29, 0.717) is 19.5 Å². The number of β-amino-alcohol motifs (C(OH)–C–C–N with tert-alkyl or cyclic N) is 1. The Hall–Kier alpha value is -0.800. The lowest BCUT2D eigenvalue weighted by atomic mass is 9.70. The van der Waals surface area contributed by atoms with Crippen LogP contribution in [0.25, 0.3) is 0 Å². The van der Waals surface area contributed by atoms with E-state index in [2.05, 4.69) is 33.5 Å². The summed E-state index contributed by atoms with van der Waals surface area (Å²) in [5.41, 5.74) is 0. The van der Waals surface area contributed by atoms with Crippen LogP contribution in [0.4, 0.5) is 0 Å². The van der Waals surface area contributed by atoms with E-state index in [-0.39, 0.29) is 41.0 Å². The summed E-state index contributed by atoms with van der Waals surface area (Å²) in [6.07, 6.45) is 3.35. The van der Waals surface area contributed by atoms with Crippen molar-refractivity contribution in [1.29, 1.82) is 0 Å². The number of fused-ring (bicyclic) bond motifs is 1. The fourth-order valence-electron chi connectivity index (χ4n) is 4.93. The van der Waals surface area contributed by atoms with Crippen molar-refractivity contribution in [3.63, 3.8) is 0 Å². The van der Waals surface area contributed by atoms with Gasteiger partial charge in [0, 0.05) is 29.7 Å². The summed E-state index contributed by atoms with van der Waals surface area (Å²) >= 11 is 5.33. The van der Waals surface area contributed by atoms with Gasteiger partial charge in [0.25, 0.3) is 0 Å². The van der Waals surface area contributed by atoms with Crippen LogP contribution in [0.15, 0.2) is 0 Å². The lowest BCUT2D eigenvalue weighted by Gasteiger charge is -2.35. The number of nitrogens with zero attached hydrogens (tertiary/aromatic N) is 1. The molecule has 0 saturated carbocycles. The molecule has 3 unspecified atom stereocenters. The number of halogens is 1. The fraction of sp³-hybridized carbons (Fsp3) is 0.842. The predicted molar refractivity (Wildman–Crippen MR) is 112 cm³/mol. The van der Waals surface area contributed by atoms with Gasteiger partial charge >= 0.3 is 0 Å². The van der Waals surface area contributed by atoms with Crippen molar-refractivity contribution in [3.8, 4) is 0 Å². The highest BCUT2D eigenvalue weighted by Crippen LogP contribution is 2.67. The third-order valence-electron chi connectivity index (χ3n) is 6.06. The van der Waals surface area contributed by atoms with Crippen molar-refractivity contribution in [2.75, 3.05) is 26.2 Å². The van der Waals surface area contributed by atoms with Crippen molar-refractivity contribution in [2.45, 2.75) is 60.4 Å². The van der Waals surface area contributed by atoms with Crippen LogP contribution < -0.4 is 10.6 Å². The number of aliphatic hydroxyl groups is 1. The van der Waals surface area contributed by atoms with Crippen LogP contribution in [0.1, 0.15) is 39.5 Å². The molecule has 3 heterocycles. The number of thioether (sulfide) groups is 1. The summed E-state index contributed by atoms with van der Waals surface area (Å²) in [4.78, 5) is 41.0. The third-order valence-corrected chi connectivity index (χ3v) is 9.28. The second kappa shape index (κ2) is 8.92. The zero-order valence-electron chi connectivity index (χ0n) is 16.4. The zero-order chi connectivity index (χ0) is 20.5. The fourth-order valence-corrected chi connectivity index (χ4v) is 8.54. The topological polar surface area (TPSA) is 98.7 Å². The Morgan fingerprint density at radius 3 is 2.61 bits per heavy atom. The minimum absolute atomic E-state index is 0.0203. The zero-order valence-corrected chi connectivity index (χ0v) is 18.9. The van der Waals surface area contributed by atoms with Gasteiger partial charge in [-0.2, -0.15) is 0 Å². The van der Waals surface area contributed by atoms with Gasteiger partial charge < -0.3 is 20.6 Å². The van der Waals surface area contributed by atoms with Gasteiger partial charge in [-0.05, 0) is 19.3 Å². The van der Waals surface area contributed by atoms with Gasteiger partial charge in [-0.3, -0.25) is 14.4 Å². The molecule has 3 aliphatic rings. The molecule has 3 N–H and O–H groups in total. The normalized spacial score (nSPS) is 35.9. The molecule has 0 aliphatic carbocycles. The molecule has 2 bridgehead atoms. The van der Waals surface area contributed by atoms with E-state index >= 15 is 0 Å². The van der Waals surface area contributed by atoms with Gasteiger partial charge in [0.05, 0.1) is 23.2 Å². The van der Waals surface area contributed by atoms with E-state index in [4.69, 9.17) is 0 Å². The summed E-state index contributed by atoms with van der Waals surface area (Å²) < 4.78 is -0.615. The highest BCUT2D eigenvalue weighted by Gasteiger charge is 2.75. The largest absolute Gasteiger partial charge is 0.395 e. The number of alkyl halides is 1. The molecule has 3 amide bonds. The van der Waals surface area contributed by atoms with Gasteiger partial charge in [-0.1, -0.05) is 36.2 Å². The summed E-state index contributed by atoms with van der Waals surface area (Å²) in [6.45, 7) is 5.11. The molecule has 9 heteroatoms. The highest BCUT2D eigenvalue weighted by atomic mass is 79.9. The van der Waals surface area contributed by atoms with Gasteiger partial charge in [-0.25, -0.2) is 0 Å². The van der Waals surface area contributed by atoms with Crippen molar-refractivity contribution in [1.82, 2.24) is 15.5 Å². The van der Waals surface area contributed by atoms with Gasteiger partial charge in [0.1, 0.15) is 6.04 Å². The maximum Gasteiger partial charge on any atom is 0.244 e. The monoisotopic (exact) mass is 475 g/mol. The molecule has 7 nitrogen and oxygen atoms in total. The number of carbonyl (C=O) groups is 3. The van der Waals surface area contributed by atoms with E-state index in [0.717, 1.165) is 19.3 Å². The molecule has 0 aromatic heterocycles. The number of amides is 3. The van der Waals surface area contributed by atoms with Crippen molar-refractivity contribution < 1.29 is 19.5 Å². The predicted octanol–water partition coefficient (Wildman–Crippen LogP) is 0.886. The maximum absolute atomic E-state index is 13.3. The van der Waals surface area contributed by atoms with Crippen LogP contribution in [-0.2, 0) is 14.4 Å². The number of carbonyl (C=O) groups excluding carboxylic acids is 3. The van der Waals surface area contributed by atoms with Crippen molar-refractivity contribution in [2.24, 2.45) is 11.8 Å². The number of hydrogen-bond donors (Lipinski definition) is 3. The number of unbranched alkanes of at least 4 members (excludes halogenated alkanes) is 1. The van der Waals surface area contributed by atoms with E-state index < -0.39 is 22.6 Å². The molecular weight excluding hydrogens is 446 g/mol. The summed E-state index contributed by atoms with van der Waals surface area (Å²) in [7, 11) is 0. The van der Waals surface area contributed by atoms with E-state index in [1.807, 2.05) is 6.92 Å². The SMILES string of the molecule is CCCCNC(=O)C1N(CCO)C(=O)[C@@H]2[C@@H](C(=O)NCCC)[C@@H]3SC12CC3Br. The average Bonchev–Trinajstić information content (AvgIpc) is 3.24. The molecule has 0 aromatic rings. The van der Waals surface area contributed by atoms with Crippen molar-refractivity contribution >= 4 is 45.4 Å². The maximum atomic E-state index is 13.3. The number of aliphatic hydroxyl groups excluding tert-OH is 1. The Morgan fingerprint density at radius 2 is 1.96 bits per heavy atom. The van der Waals surface area contributed by atoms with Gasteiger partial charge in [0.15, 0.2) is 0 Å². The Kier molecular flexibility index (Phi) is 6.97. The second-order valence-corrected chi connectivity index (χ2v) is 10.6. The van der Waals surface area contributed by atoms with E-state index in [9.17, 15) is 19.5 Å². The first-order valence-electron chi connectivity index (χ1n) is 10.2. The Bertz CT molecular complexity index is 636. The molecule has 0 radical (unpaired) electrons. The molecule has 3 fully saturated rings. The molecule has 158 valence electrons. The molecule has 3 saturated heterocycles. The summed E-state index contributed by atoms with van der Waals surface area (Å²) in [5.74, 6) is -1.39. The minimum atomic E-state index is -0.645. The number of rotatable bonds is 9. The quantitative estimate of drug-likeness (QED) is 0.339. The molecule has 28 heavy (non-hydrogen) atoms. The van der Waals surface area contributed by atoms with Gasteiger partial charge in [-0.15, -0.1) is 11.8 Å². The molecule has 1 spiro atoms. The first-order chi connectivity index (χ1) is 13.4. The highest BCUT2D eigenvalue weighted by molar-refractivity contribution is 9.09. The smallest absolute Gasteiger partial charge is 0.244 e. The van der Waals surface area contributed by atoms with Crippen LogP contribution >= 0.6 is 27.7 Å². The first-order valence-corrected chi connectivity index (χ1v) is 12.0. The average molecular weight is 476 g/mol. The number of nitrogens with one attached hydrogen (secondary N) is 2. The number of hydrogen-bond acceptors (Lipinski definition) is 5. The van der Waals surface area contributed by atoms with Crippen LogP contribution in [0.2, 0.25) is 0 Å². The summed E-state index contributed by atoms with van der Waals surface area (Å²) in [6, 6.07) is -0.645. The molecule has 3 rings (SSSR count). The van der Waals surface area contributed by atoms with E-state index in [1.54, 1.807) is 11.8 Å². The second-order valence-electron chi connectivity index (χ2n) is 7.85. The molecular formula is C19H30BrN3O4S. The lowest BCUT2D eigenvalue weighted by molar-refractivity contribution is -0.140. The van der Waals surface area contributed by atoms with Crippen LogP contribution in [0, 0.1) is 11.8 Å². The van der Waals surface area contributed by atoms with Crippen LogP contribution in [0.3, 0.4) is 0 Å². The van der Waals surface area contributed by atoms with E-state index in [1.165, 1.54) is 4.90 Å². The third kappa shape index (κ3) is 3.47. The Balaban J connectivity index is 1.92. The first kappa shape index (κ1) is 21.9. The molecule has 0 aromatic carbocycles. The van der Waals surface area contributed by atoms with Gasteiger partial charge in [0.2, 0.25) is 17.7 Å². The lowest BCUT2D eigenvalue weighted by Crippen LogP contribution is -2.55.